The van der Waals surface area contributed by atoms with E-state index in [4.69, 9.17) is 0 Å². The highest BCUT2D eigenvalue weighted by atomic mass is 19.1. The molecule has 0 saturated heterocycles. The minimum Gasteiger partial charge on any atom is -0.388 e. The van der Waals surface area contributed by atoms with E-state index < -0.39 is 0 Å². The van der Waals surface area contributed by atoms with E-state index in [0.717, 1.165) is 22.5 Å². The third-order valence-corrected chi connectivity index (χ3v) is 2.78. The van der Waals surface area contributed by atoms with Gasteiger partial charge >= 0.3 is 0 Å². The largest absolute Gasteiger partial charge is 0.388 e. The molecule has 0 spiro atoms. The van der Waals surface area contributed by atoms with Crippen molar-refractivity contribution in [1.29, 1.82) is 0 Å². The van der Waals surface area contributed by atoms with Gasteiger partial charge < -0.3 is 5.32 Å². The van der Waals surface area contributed by atoms with Crippen LogP contribution in [0.3, 0.4) is 0 Å². The molecule has 84 valence electrons. The number of aryl methyl sites for hydroxylation is 1. The maximum Gasteiger partial charge on any atom is 0.125 e. The van der Waals surface area contributed by atoms with E-state index >= 15 is 0 Å². The summed E-state index contributed by atoms with van der Waals surface area (Å²) in [6.45, 7) is 1.99. The molecule has 0 saturated carbocycles. The maximum absolute atomic E-state index is 13.1. The Morgan fingerprint density at radius 2 is 2.06 bits per heavy atom. The molecule has 1 aromatic heterocycles. The van der Waals surface area contributed by atoms with Crippen molar-refractivity contribution < 1.29 is 4.39 Å². The maximum atomic E-state index is 13.1. The van der Waals surface area contributed by atoms with Crippen molar-refractivity contribution in [3.05, 3.63) is 35.9 Å². The number of halogens is 1. The first-order valence-corrected chi connectivity index (χ1v) is 5.09. The Kier molecular flexibility index (Phi) is 2.64. The van der Waals surface area contributed by atoms with Crippen LogP contribution in [-0.2, 0) is 7.05 Å². The molecular formula is C12H14FN3. The van der Waals surface area contributed by atoms with E-state index in [1.54, 1.807) is 24.0 Å². The fraction of sp³-hybridized carbons (Fsp3) is 0.250. The predicted molar refractivity (Wildman–Crippen MR) is 62.9 cm³/mol. The second-order valence-corrected chi connectivity index (χ2v) is 3.71. The van der Waals surface area contributed by atoms with Crippen LogP contribution in [0.4, 0.5) is 10.1 Å². The second kappa shape index (κ2) is 3.96. The van der Waals surface area contributed by atoms with E-state index in [1.165, 1.54) is 12.1 Å². The highest BCUT2D eigenvalue weighted by Crippen LogP contribution is 2.30. The molecule has 0 fully saturated rings. The summed E-state index contributed by atoms with van der Waals surface area (Å²) < 4.78 is 14.9. The molecule has 0 unspecified atom stereocenters. The van der Waals surface area contributed by atoms with Crippen LogP contribution in [0.2, 0.25) is 0 Å². The first-order chi connectivity index (χ1) is 7.63. The van der Waals surface area contributed by atoms with E-state index in [0.29, 0.717) is 0 Å². The van der Waals surface area contributed by atoms with Gasteiger partial charge in [-0.3, -0.25) is 4.68 Å². The number of nitrogens with one attached hydrogen (secondary N) is 1. The highest BCUT2D eigenvalue weighted by molar-refractivity contribution is 5.78. The average Bonchev–Trinajstić information content (AvgIpc) is 2.60. The second-order valence-electron chi connectivity index (χ2n) is 3.71. The summed E-state index contributed by atoms with van der Waals surface area (Å²) in [6.07, 6.45) is 1.80. The average molecular weight is 219 g/mol. The fourth-order valence-electron chi connectivity index (χ4n) is 1.72. The molecule has 0 aliphatic carbocycles. The first-order valence-electron chi connectivity index (χ1n) is 5.09. The third kappa shape index (κ3) is 1.66. The van der Waals surface area contributed by atoms with Gasteiger partial charge in [0.1, 0.15) is 5.82 Å². The van der Waals surface area contributed by atoms with Gasteiger partial charge in [-0.05, 0) is 25.1 Å². The summed E-state index contributed by atoms with van der Waals surface area (Å²) in [6, 6.07) is 4.72. The Morgan fingerprint density at radius 1 is 1.31 bits per heavy atom. The van der Waals surface area contributed by atoms with E-state index in [1.807, 2.05) is 14.0 Å². The quantitative estimate of drug-likeness (QED) is 0.841. The van der Waals surface area contributed by atoms with Gasteiger partial charge in [0, 0.05) is 36.6 Å². The van der Waals surface area contributed by atoms with Crippen molar-refractivity contribution >= 4 is 5.69 Å². The summed E-state index contributed by atoms with van der Waals surface area (Å²) in [5, 5.41) is 7.18. The molecule has 0 atom stereocenters. The van der Waals surface area contributed by atoms with Crippen LogP contribution < -0.4 is 5.32 Å². The van der Waals surface area contributed by atoms with Crippen molar-refractivity contribution in [2.24, 2.45) is 7.05 Å². The molecule has 0 amide bonds. The van der Waals surface area contributed by atoms with Crippen LogP contribution in [0.1, 0.15) is 5.69 Å². The number of benzene rings is 1. The Balaban J connectivity index is 2.59. The van der Waals surface area contributed by atoms with E-state index in [2.05, 4.69) is 10.4 Å². The molecule has 3 nitrogen and oxygen atoms in total. The van der Waals surface area contributed by atoms with Gasteiger partial charge in [0.2, 0.25) is 0 Å². The monoisotopic (exact) mass is 219 g/mol. The fourth-order valence-corrected chi connectivity index (χ4v) is 1.72. The summed E-state index contributed by atoms with van der Waals surface area (Å²) >= 11 is 0. The van der Waals surface area contributed by atoms with Crippen LogP contribution in [0.5, 0.6) is 0 Å². The molecule has 0 radical (unpaired) electrons. The molecule has 1 heterocycles. The minimum atomic E-state index is -0.241. The standard InChI is InChI=1S/C12H14FN3/c1-8-11(7-15-16(8)3)10-5-4-9(13)6-12(10)14-2/h4-7,14H,1-3H3. The summed E-state index contributed by atoms with van der Waals surface area (Å²) in [5.74, 6) is -0.241. The molecular weight excluding hydrogens is 205 g/mol. The minimum absolute atomic E-state index is 0.241. The molecule has 2 aromatic rings. The number of anilines is 1. The molecule has 1 aromatic carbocycles. The van der Waals surface area contributed by atoms with Crippen molar-refractivity contribution in [3.63, 3.8) is 0 Å². The predicted octanol–water partition coefficient (Wildman–Crippen LogP) is 2.58. The van der Waals surface area contributed by atoms with Crippen LogP contribution in [0.25, 0.3) is 11.1 Å². The van der Waals surface area contributed by atoms with Crippen LogP contribution in [-0.4, -0.2) is 16.8 Å². The van der Waals surface area contributed by atoms with Gasteiger partial charge in [-0.2, -0.15) is 5.10 Å². The molecule has 4 heteroatoms. The number of hydrogen-bond acceptors (Lipinski definition) is 2. The summed E-state index contributed by atoms with van der Waals surface area (Å²) in [5.41, 5.74) is 3.82. The molecule has 2 rings (SSSR count). The number of hydrogen-bond donors (Lipinski definition) is 1. The Morgan fingerprint density at radius 3 is 2.62 bits per heavy atom. The SMILES string of the molecule is CNc1cc(F)ccc1-c1cnn(C)c1C. The van der Waals surface area contributed by atoms with Crippen LogP contribution in [0.15, 0.2) is 24.4 Å². The lowest BCUT2D eigenvalue weighted by atomic mass is 10.0. The van der Waals surface area contributed by atoms with Gasteiger partial charge in [0.25, 0.3) is 0 Å². The number of aromatic nitrogens is 2. The Labute approximate surface area is 93.9 Å². The summed E-state index contributed by atoms with van der Waals surface area (Å²) in [7, 11) is 3.67. The number of rotatable bonds is 2. The van der Waals surface area contributed by atoms with Gasteiger partial charge in [-0.15, -0.1) is 0 Å². The van der Waals surface area contributed by atoms with Gasteiger partial charge in [0.05, 0.1) is 6.20 Å². The van der Waals surface area contributed by atoms with Crippen molar-refractivity contribution in [2.45, 2.75) is 6.92 Å². The van der Waals surface area contributed by atoms with Crippen LogP contribution >= 0.6 is 0 Å². The first kappa shape index (κ1) is 10.7. The van der Waals surface area contributed by atoms with Crippen molar-refractivity contribution in [3.8, 4) is 11.1 Å². The molecule has 0 bridgehead atoms. The van der Waals surface area contributed by atoms with Crippen molar-refractivity contribution in [1.82, 2.24) is 9.78 Å². The lowest BCUT2D eigenvalue weighted by Gasteiger charge is -2.08. The zero-order valence-electron chi connectivity index (χ0n) is 9.58. The Bertz CT molecular complexity index is 517. The zero-order chi connectivity index (χ0) is 11.7. The smallest absolute Gasteiger partial charge is 0.125 e. The number of nitrogens with zero attached hydrogens (tertiary/aromatic N) is 2. The molecule has 0 aliphatic rings. The highest BCUT2D eigenvalue weighted by Gasteiger charge is 2.10. The molecule has 1 N–H and O–H groups in total. The normalized spacial score (nSPS) is 10.5. The zero-order valence-corrected chi connectivity index (χ0v) is 9.58. The molecule has 16 heavy (non-hydrogen) atoms. The van der Waals surface area contributed by atoms with Gasteiger partial charge in [-0.1, -0.05) is 0 Å². The summed E-state index contributed by atoms with van der Waals surface area (Å²) in [4.78, 5) is 0. The Hall–Kier alpha value is -1.84. The van der Waals surface area contributed by atoms with E-state index in [-0.39, 0.29) is 5.82 Å². The van der Waals surface area contributed by atoms with Gasteiger partial charge in [0.15, 0.2) is 0 Å². The van der Waals surface area contributed by atoms with E-state index in [9.17, 15) is 4.39 Å². The lowest BCUT2D eigenvalue weighted by Crippen LogP contribution is -1.95. The van der Waals surface area contributed by atoms with Crippen molar-refractivity contribution in [2.75, 3.05) is 12.4 Å². The third-order valence-electron chi connectivity index (χ3n) is 2.78. The van der Waals surface area contributed by atoms with Crippen LogP contribution in [0, 0.1) is 12.7 Å². The van der Waals surface area contributed by atoms with Gasteiger partial charge in [-0.25, -0.2) is 4.39 Å². The topological polar surface area (TPSA) is 29.9 Å². The molecule has 0 aliphatic heterocycles. The lowest BCUT2D eigenvalue weighted by molar-refractivity contribution is 0.628.